The van der Waals surface area contributed by atoms with E-state index in [2.05, 4.69) is 0 Å². The Hall–Kier alpha value is 0.0700. The third-order valence-electron chi connectivity index (χ3n) is 1.41. The summed E-state index contributed by atoms with van der Waals surface area (Å²) in [6.07, 6.45) is 0. The summed E-state index contributed by atoms with van der Waals surface area (Å²) in [7, 11) is -3.44. The zero-order chi connectivity index (χ0) is 10.5. The molecule has 0 aromatic carbocycles. The second-order valence-electron chi connectivity index (χ2n) is 2.65. The molecule has 3 N–H and O–H groups in total. The van der Waals surface area contributed by atoms with Gasteiger partial charge in [0.25, 0.3) is 0 Å². The van der Waals surface area contributed by atoms with Crippen molar-refractivity contribution in [2.45, 2.75) is 32.7 Å². The van der Waals surface area contributed by atoms with Crippen LogP contribution in [-0.4, -0.2) is 30.2 Å². The van der Waals surface area contributed by atoms with Crippen molar-refractivity contribution in [3.63, 3.8) is 0 Å². The summed E-state index contributed by atoms with van der Waals surface area (Å²) in [5.74, 6) is -1.26. The normalized spacial score (nSPS) is 17.0. The van der Waals surface area contributed by atoms with E-state index in [9.17, 15) is 9.67 Å². The Labute approximate surface area is 78.8 Å². The van der Waals surface area contributed by atoms with Gasteiger partial charge in [0, 0.05) is 6.04 Å². The highest BCUT2D eigenvalue weighted by molar-refractivity contribution is 7.54. The van der Waals surface area contributed by atoms with E-state index in [-0.39, 0.29) is 13.2 Å². The van der Waals surface area contributed by atoms with Crippen LogP contribution in [0.25, 0.3) is 0 Å². The summed E-state index contributed by atoms with van der Waals surface area (Å²) in [6.45, 7) is 5.36. The van der Waals surface area contributed by atoms with Gasteiger partial charge in [-0.15, -0.1) is 0 Å². The summed E-state index contributed by atoms with van der Waals surface area (Å²) in [4.78, 5) is 0. The van der Waals surface area contributed by atoms with E-state index in [0.29, 0.717) is 0 Å². The van der Waals surface area contributed by atoms with Gasteiger partial charge in [0.2, 0.25) is 0 Å². The molecule has 0 saturated heterocycles. The third-order valence-corrected chi connectivity index (χ3v) is 3.77. The lowest BCUT2D eigenvalue weighted by Gasteiger charge is -2.24. The average molecular weight is 211 g/mol. The summed E-state index contributed by atoms with van der Waals surface area (Å²) in [5, 5.41) is 9.47. The zero-order valence-electron chi connectivity index (χ0n) is 8.27. The van der Waals surface area contributed by atoms with Gasteiger partial charge in [0.15, 0.2) is 5.85 Å². The Kier molecular flexibility index (Phi) is 5.76. The van der Waals surface area contributed by atoms with E-state index in [1.54, 1.807) is 20.8 Å². The minimum atomic E-state index is -3.44. The van der Waals surface area contributed by atoms with Crippen LogP contribution in [0.15, 0.2) is 0 Å². The van der Waals surface area contributed by atoms with Crippen molar-refractivity contribution in [3.05, 3.63) is 0 Å². The third kappa shape index (κ3) is 3.75. The van der Waals surface area contributed by atoms with Crippen LogP contribution in [0, 0.1) is 0 Å². The molecule has 80 valence electrons. The van der Waals surface area contributed by atoms with Crippen molar-refractivity contribution in [1.82, 2.24) is 0 Å². The number of hydrogen-bond acceptors (Lipinski definition) is 5. The highest BCUT2D eigenvalue weighted by atomic mass is 31.2. The van der Waals surface area contributed by atoms with E-state index < -0.39 is 19.5 Å². The molecule has 0 spiro atoms. The van der Waals surface area contributed by atoms with Crippen molar-refractivity contribution in [1.29, 1.82) is 0 Å². The molecule has 0 bridgehead atoms. The quantitative estimate of drug-likeness (QED) is 0.638. The van der Waals surface area contributed by atoms with Crippen LogP contribution >= 0.6 is 7.60 Å². The minimum absolute atomic E-state index is 0.223. The maximum absolute atomic E-state index is 11.8. The molecule has 5 nitrogen and oxygen atoms in total. The molecule has 2 atom stereocenters. The molecule has 0 radical (unpaired) electrons. The molecule has 0 aliphatic carbocycles. The standard InChI is InChI=1S/C7H18NO4P/c1-4-11-13(10,12-5-2)7(9)6(3)8/h6-7,9H,4-5,8H2,1-3H3/t6-,7-/m1/s1. The van der Waals surface area contributed by atoms with E-state index in [0.717, 1.165) is 0 Å². The van der Waals surface area contributed by atoms with Crippen LogP contribution in [0.4, 0.5) is 0 Å². The number of aliphatic hydroxyl groups is 1. The molecule has 0 aliphatic rings. The van der Waals surface area contributed by atoms with Gasteiger partial charge < -0.3 is 19.9 Å². The molecule has 13 heavy (non-hydrogen) atoms. The highest BCUT2D eigenvalue weighted by Gasteiger charge is 2.36. The van der Waals surface area contributed by atoms with Crippen LogP contribution in [-0.2, 0) is 13.6 Å². The SMILES string of the molecule is CCOP(=O)(OCC)[C@@H](O)[C@@H](C)N. The molecular formula is C7H18NO4P. The molecule has 0 unspecified atom stereocenters. The Morgan fingerprint density at radius 3 is 2.00 bits per heavy atom. The van der Waals surface area contributed by atoms with Gasteiger partial charge in [-0.1, -0.05) is 0 Å². The average Bonchev–Trinajstić information content (AvgIpc) is 2.03. The predicted molar refractivity (Wildman–Crippen MR) is 50.5 cm³/mol. The maximum Gasteiger partial charge on any atom is 0.360 e. The molecule has 0 saturated carbocycles. The van der Waals surface area contributed by atoms with Crippen LogP contribution in [0.5, 0.6) is 0 Å². The monoisotopic (exact) mass is 211 g/mol. The first-order valence-corrected chi connectivity index (χ1v) is 5.91. The van der Waals surface area contributed by atoms with Gasteiger partial charge in [0.1, 0.15) is 0 Å². The van der Waals surface area contributed by atoms with E-state index in [4.69, 9.17) is 14.8 Å². The fraction of sp³-hybridized carbons (Fsp3) is 1.00. The lowest BCUT2D eigenvalue weighted by atomic mass is 10.4. The number of rotatable bonds is 6. The second kappa shape index (κ2) is 5.73. The Morgan fingerprint density at radius 1 is 1.38 bits per heavy atom. The van der Waals surface area contributed by atoms with Gasteiger partial charge in [-0.2, -0.15) is 0 Å². The largest absolute Gasteiger partial charge is 0.379 e. The molecule has 0 aromatic heterocycles. The summed E-state index contributed by atoms with van der Waals surface area (Å²) >= 11 is 0. The Bertz CT molecular complexity index is 175. The fourth-order valence-electron chi connectivity index (χ4n) is 0.838. The molecule has 0 aromatic rings. The molecule has 0 heterocycles. The molecule has 0 fully saturated rings. The van der Waals surface area contributed by atoms with Gasteiger partial charge in [0.05, 0.1) is 13.2 Å². The first kappa shape index (κ1) is 13.1. The van der Waals surface area contributed by atoms with Gasteiger partial charge >= 0.3 is 7.60 Å². The van der Waals surface area contributed by atoms with E-state index >= 15 is 0 Å². The topological polar surface area (TPSA) is 81.8 Å². The van der Waals surface area contributed by atoms with Gasteiger partial charge in [-0.25, -0.2) is 0 Å². The minimum Gasteiger partial charge on any atom is -0.379 e. The number of nitrogens with two attached hydrogens (primary N) is 1. The van der Waals surface area contributed by atoms with Crippen molar-refractivity contribution >= 4 is 7.60 Å². The maximum atomic E-state index is 11.8. The highest BCUT2D eigenvalue weighted by Crippen LogP contribution is 2.52. The van der Waals surface area contributed by atoms with Crippen LogP contribution in [0.3, 0.4) is 0 Å². The fourth-order valence-corrected chi connectivity index (χ4v) is 2.51. The van der Waals surface area contributed by atoms with E-state index in [1.807, 2.05) is 0 Å². The van der Waals surface area contributed by atoms with Crippen LogP contribution in [0.2, 0.25) is 0 Å². The summed E-state index contributed by atoms with van der Waals surface area (Å²) in [5.41, 5.74) is 5.40. The molecule has 0 amide bonds. The summed E-state index contributed by atoms with van der Waals surface area (Å²) < 4.78 is 21.6. The van der Waals surface area contributed by atoms with Crippen molar-refractivity contribution in [2.24, 2.45) is 5.73 Å². The van der Waals surface area contributed by atoms with Crippen LogP contribution in [0.1, 0.15) is 20.8 Å². The number of aliphatic hydroxyl groups excluding tert-OH is 1. The number of hydrogen-bond donors (Lipinski definition) is 2. The lowest BCUT2D eigenvalue weighted by molar-refractivity contribution is 0.137. The van der Waals surface area contributed by atoms with Crippen molar-refractivity contribution < 1.29 is 18.7 Å². The molecule has 6 heteroatoms. The molecule has 0 aliphatic heterocycles. The first-order valence-electron chi connectivity index (χ1n) is 4.30. The lowest BCUT2D eigenvalue weighted by Crippen LogP contribution is -2.32. The van der Waals surface area contributed by atoms with Gasteiger partial charge in [-0.3, -0.25) is 4.57 Å². The smallest absolute Gasteiger partial charge is 0.360 e. The predicted octanol–water partition coefficient (Wildman–Crippen LogP) is 0.918. The zero-order valence-corrected chi connectivity index (χ0v) is 9.16. The van der Waals surface area contributed by atoms with E-state index in [1.165, 1.54) is 0 Å². The Morgan fingerprint density at radius 2 is 1.77 bits per heavy atom. The second-order valence-corrected chi connectivity index (χ2v) is 4.77. The Balaban J connectivity index is 4.47. The summed E-state index contributed by atoms with van der Waals surface area (Å²) in [6, 6.07) is -0.635. The molecule has 0 rings (SSSR count). The van der Waals surface area contributed by atoms with Crippen molar-refractivity contribution in [3.8, 4) is 0 Å². The molecular weight excluding hydrogens is 193 g/mol. The van der Waals surface area contributed by atoms with Crippen LogP contribution < -0.4 is 5.73 Å². The van der Waals surface area contributed by atoms with Gasteiger partial charge in [-0.05, 0) is 20.8 Å². The first-order chi connectivity index (χ1) is 5.98. The van der Waals surface area contributed by atoms with Crippen molar-refractivity contribution in [2.75, 3.05) is 13.2 Å².